The first-order valence-corrected chi connectivity index (χ1v) is 6.13. The smallest absolute Gasteiger partial charge is 0.181 e. The lowest BCUT2D eigenvalue weighted by atomic mass is 9.94. The molecule has 0 saturated heterocycles. The third-order valence-corrected chi connectivity index (χ3v) is 3.63. The summed E-state index contributed by atoms with van der Waals surface area (Å²) >= 11 is 0. The van der Waals surface area contributed by atoms with Crippen LogP contribution in [0.2, 0.25) is 0 Å². The molecule has 0 aliphatic rings. The summed E-state index contributed by atoms with van der Waals surface area (Å²) in [6, 6.07) is 2.21. The zero-order valence-corrected chi connectivity index (χ0v) is 11.7. The van der Waals surface area contributed by atoms with Crippen LogP contribution in [-0.4, -0.2) is 14.8 Å². The van der Waals surface area contributed by atoms with Gasteiger partial charge in [0.15, 0.2) is 5.82 Å². The number of nitrogens with zero attached hydrogens (tertiary/aromatic N) is 3. The zero-order valence-electron chi connectivity index (χ0n) is 11.7. The van der Waals surface area contributed by atoms with Gasteiger partial charge in [-0.1, -0.05) is 6.07 Å². The van der Waals surface area contributed by atoms with Crippen molar-refractivity contribution in [3.63, 3.8) is 0 Å². The summed E-state index contributed by atoms with van der Waals surface area (Å²) in [6.07, 6.45) is 0. The van der Waals surface area contributed by atoms with Crippen LogP contribution in [0, 0.1) is 27.7 Å². The van der Waals surface area contributed by atoms with E-state index in [1.165, 1.54) is 22.3 Å². The average molecular weight is 244 g/mol. The van der Waals surface area contributed by atoms with Crippen molar-refractivity contribution in [3.8, 4) is 11.4 Å². The van der Waals surface area contributed by atoms with E-state index < -0.39 is 0 Å². The van der Waals surface area contributed by atoms with E-state index in [0.29, 0.717) is 6.54 Å². The van der Waals surface area contributed by atoms with Gasteiger partial charge in [-0.3, -0.25) is 4.68 Å². The number of hydrogen-bond acceptors (Lipinski definition) is 3. The van der Waals surface area contributed by atoms with Crippen LogP contribution in [0.1, 0.15) is 28.1 Å². The first-order chi connectivity index (χ1) is 8.45. The Labute approximate surface area is 108 Å². The zero-order chi connectivity index (χ0) is 13.4. The molecule has 1 aromatic carbocycles. The van der Waals surface area contributed by atoms with Crippen molar-refractivity contribution < 1.29 is 0 Å². The second kappa shape index (κ2) is 4.53. The van der Waals surface area contributed by atoms with Gasteiger partial charge in [-0.25, -0.2) is 4.98 Å². The van der Waals surface area contributed by atoms with Gasteiger partial charge in [0.25, 0.3) is 0 Å². The highest BCUT2D eigenvalue weighted by atomic mass is 15.3. The van der Waals surface area contributed by atoms with E-state index in [1.54, 1.807) is 4.68 Å². The Morgan fingerprint density at radius 3 is 2.11 bits per heavy atom. The summed E-state index contributed by atoms with van der Waals surface area (Å²) < 4.78 is 1.76. The van der Waals surface area contributed by atoms with E-state index in [1.807, 2.05) is 7.05 Å². The predicted octanol–water partition coefficient (Wildman–Crippen LogP) is 2.17. The minimum atomic E-state index is 0.409. The molecular weight excluding hydrogens is 224 g/mol. The maximum absolute atomic E-state index is 5.65. The summed E-state index contributed by atoms with van der Waals surface area (Å²) in [6.45, 7) is 8.90. The molecular formula is C14H20N4. The molecule has 96 valence electrons. The summed E-state index contributed by atoms with van der Waals surface area (Å²) in [4.78, 5) is 4.53. The van der Waals surface area contributed by atoms with E-state index >= 15 is 0 Å². The number of hydrogen-bond donors (Lipinski definition) is 1. The minimum Gasteiger partial charge on any atom is -0.324 e. The van der Waals surface area contributed by atoms with E-state index in [4.69, 9.17) is 5.73 Å². The van der Waals surface area contributed by atoms with Gasteiger partial charge in [-0.05, 0) is 49.9 Å². The second-order valence-electron chi connectivity index (χ2n) is 4.81. The van der Waals surface area contributed by atoms with Crippen molar-refractivity contribution in [3.05, 3.63) is 34.1 Å². The summed E-state index contributed by atoms with van der Waals surface area (Å²) in [5, 5.41) is 4.48. The lowest BCUT2D eigenvalue weighted by Gasteiger charge is -2.12. The number of nitrogens with two attached hydrogens (primary N) is 1. The van der Waals surface area contributed by atoms with Crippen molar-refractivity contribution >= 4 is 0 Å². The second-order valence-corrected chi connectivity index (χ2v) is 4.81. The molecule has 0 bridgehead atoms. The molecule has 0 amide bonds. The topological polar surface area (TPSA) is 56.7 Å². The molecule has 0 radical (unpaired) electrons. The molecule has 0 spiro atoms. The molecule has 0 aliphatic heterocycles. The third kappa shape index (κ3) is 1.93. The molecule has 2 rings (SSSR count). The normalized spacial score (nSPS) is 11.0. The first kappa shape index (κ1) is 12.8. The molecule has 4 nitrogen and oxygen atoms in total. The van der Waals surface area contributed by atoms with Crippen molar-refractivity contribution in [2.24, 2.45) is 12.8 Å². The van der Waals surface area contributed by atoms with Gasteiger partial charge in [0.05, 0.1) is 6.54 Å². The van der Waals surface area contributed by atoms with Gasteiger partial charge in [0.1, 0.15) is 5.82 Å². The largest absolute Gasteiger partial charge is 0.324 e. The predicted molar refractivity (Wildman–Crippen MR) is 73.3 cm³/mol. The van der Waals surface area contributed by atoms with Gasteiger partial charge in [0.2, 0.25) is 0 Å². The lowest BCUT2D eigenvalue weighted by molar-refractivity contribution is 0.703. The van der Waals surface area contributed by atoms with E-state index in [-0.39, 0.29) is 0 Å². The van der Waals surface area contributed by atoms with Gasteiger partial charge < -0.3 is 5.73 Å². The molecule has 18 heavy (non-hydrogen) atoms. The van der Waals surface area contributed by atoms with Crippen LogP contribution in [0.3, 0.4) is 0 Å². The molecule has 0 aliphatic carbocycles. The summed E-state index contributed by atoms with van der Waals surface area (Å²) in [5.41, 5.74) is 11.8. The standard InChI is InChI=1S/C14H20N4/c1-8-6-9(2)11(4)13(10(8)3)14-16-12(7-15)18(5)17-14/h6H,7,15H2,1-5H3. The Bertz CT molecular complexity index is 570. The fourth-order valence-electron chi connectivity index (χ4n) is 2.25. The number of benzene rings is 1. The van der Waals surface area contributed by atoms with Gasteiger partial charge in [0, 0.05) is 12.6 Å². The molecule has 1 aromatic heterocycles. The molecule has 0 fully saturated rings. The fraction of sp³-hybridized carbons (Fsp3) is 0.429. The monoisotopic (exact) mass is 244 g/mol. The molecule has 0 unspecified atom stereocenters. The van der Waals surface area contributed by atoms with Crippen LogP contribution < -0.4 is 5.73 Å². The van der Waals surface area contributed by atoms with Crippen LogP contribution in [0.25, 0.3) is 11.4 Å². The van der Waals surface area contributed by atoms with Crippen molar-refractivity contribution in [1.82, 2.24) is 14.8 Å². The van der Waals surface area contributed by atoms with Crippen molar-refractivity contribution in [2.45, 2.75) is 34.2 Å². The van der Waals surface area contributed by atoms with Crippen LogP contribution in [0.4, 0.5) is 0 Å². The maximum Gasteiger partial charge on any atom is 0.181 e. The Morgan fingerprint density at radius 1 is 1.11 bits per heavy atom. The molecule has 2 N–H and O–H groups in total. The first-order valence-electron chi connectivity index (χ1n) is 6.13. The van der Waals surface area contributed by atoms with E-state index in [2.05, 4.69) is 43.8 Å². The average Bonchev–Trinajstić information content (AvgIpc) is 2.68. The van der Waals surface area contributed by atoms with Crippen molar-refractivity contribution in [2.75, 3.05) is 0 Å². The number of rotatable bonds is 2. The summed E-state index contributed by atoms with van der Waals surface area (Å²) in [5.74, 6) is 1.59. The molecule has 0 atom stereocenters. The Balaban J connectivity index is 2.70. The molecule has 1 heterocycles. The number of aromatic nitrogens is 3. The highest BCUT2D eigenvalue weighted by Gasteiger charge is 2.15. The van der Waals surface area contributed by atoms with Gasteiger partial charge >= 0.3 is 0 Å². The Kier molecular flexibility index (Phi) is 3.22. The number of aryl methyl sites for hydroxylation is 3. The summed E-state index contributed by atoms with van der Waals surface area (Å²) in [7, 11) is 1.88. The Morgan fingerprint density at radius 2 is 1.67 bits per heavy atom. The fourth-order valence-corrected chi connectivity index (χ4v) is 2.25. The third-order valence-electron chi connectivity index (χ3n) is 3.63. The quantitative estimate of drug-likeness (QED) is 0.881. The molecule has 4 heteroatoms. The van der Waals surface area contributed by atoms with Crippen LogP contribution >= 0.6 is 0 Å². The van der Waals surface area contributed by atoms with Crippen LogP contribution in [-0.2, 0) is 13.6 Å². The highest BCUT2D eigenvalue weighted by molar-refractivity contribution is 5.67. The highest BCUT2D eigenvalue weighted by Crippen LogP contribution is 2.29. The Hall–Kier alpha value is -1.68. The lowest BCUT2D eigenvalue weighted by Crippen LogP contribution is -2.05. The molecule has 0 saturated carbocycles. The maximum atomic E-state index is 5.65. The van der Waals surface area contributed by atoms with Crippen LogP contribution in [0.5, 0.6) is 0 Å². The van der Waals surface area contributed by atoms with Crippen molar-refractivity contribution in [1.29, 1.82) is 0 Å². The van der Waals surface area contributed by atoms with E-state index in [9.17, 15) is 0 Å². The van der Waals surface area contributed by atoms with Crippen LogP contribution in [0.15, 0.2) is 6.07 Å². The van der Waals surface area contributed by atoms with E-state index in [0.717, 1.165) is 17.2 Å². The SMILES string of the molecule is Cc1cc(C)c(C)c(-c2nc(CN)n(C)n2)c1C. The molecule has 2 aromatic rings. The van der Waals surface area contributed by atoms with Gasteiger partial charge in [-0.15, -0.1) is 0 Å². The van der Waals surface area contributed by atoms with Gasteiger partial charge in [-0.2, -0.15) is 5.10 Å². The minimum absolute atomic E-state index is 0.409.